The second kappa shape index (κ2) is 4.23. The highest BCUT2D eigenvalue weighted by Gasteiger charge is 2.24. The van der Waals surface area contributed by atoms with Gasteiger partial charge in [-0.05, 0) is 19.8 Å². The van der Waals surface area contributed by atoms with E-state index < -0.39 is 11.4 Å². The van der Waals surface area contributed by atoms with Crippen LogP contribution in [0.2, 0.25) is 0 Å². The molecule has 1 heterocycles. The highest BCUT2D eigenvalue weighted by Crippen LogP contribution is 2.08. The van der Waals surface area contributed by atoms with E-state index in [2.05, 4.69) is 4.98 Å². The van der Waals surface area contributed by atoms with Gasteiger partial charge in [-0.2, -0.15) is 0 Å². The molecular formula is C9H16N4O. The molecule has 78 valence electrons. The highest BCUT2D eigenvalue weighted by atomic mass is 16.1. The van der Waals surface area contributed by atoms with Gasteiger partial charge in [-0.1, -0.05) is 0 Å². The zero-order valence-electron chi connectivity index (χ0n) is 8.31. The lowest BCUT2D eigenvalue weighted by molar-refractivity contribution is -0.122. The van der Waals surface area contributed by atoms with Crippen molar-refractivity contribution in [3.05, 3.63) is 18.7 Å². The van der Waals surface area contributed by atoms with Crippen molar-refractivity contribution in [2.45, 2.75) is 31.8 Å². The van der Waals surface area contributed by atoms with Gasteiger partial charge in [0.2, 0.25) is 5.91 Å². The molecule has 0 aliphatic carbocycles. The zero-order chi connectivity index (χ0) is 10.6. The number of amides is 1. The van der Waals surface area contributed by atoms with Crippen LogP contribution in [0.15, 0.2) is 18.7 Å². The maximum atomic E-state index is 10.9. The molecule has 0 fully saturated rings. The largest absolute Gasteiger partial charge is 0.368 e. The third kappa shape index (κ3) is 2.85. The maximum absolute atomic E-state index is 10.9. The molecule has 1 rings (SSSR count). The van der Waals surface area contributed by atoms with Crippen molar-refractivity contribution in [2.75, 3.05) is 0 Å². The van der Waals surface area contributed by atoms with E-state index in [1.54, 1.807) is 19.4 Å². The van der Waals surface area contributed by atoms with Crippen LogP contribution in [-0.4, -0.2) is 21.0 Å². The zero-order valence-corrected chi connectivity index (χ0v) is 8.31. The standard InChI is InChI=1S/C9H16N4O/c1-9(11,8(10)14)3-2-5-13-6-4-12-7-13/h4,6-7H,2-3,5,11H2,1H3,(H2,10,14). The Morgan fingerprint density at radius 2 is 2.36 bits per heavy atom. The minimum atomic E-state index is -0.902. The lowest BCUT2D eigenvalue weighted by Gasteiger charge is -2.19. The summed E-state index contributed by atoms with van der Waals surface area (Å²) in [6, 6.07) is 0. The molecule has 1 amide bonds. The smallest absolute Gasteiger partial charge is 0.237 e. The lowest BCUT2D eigenvalue weighted by atomic mass is 9.96. The number of hydrogen-bond acceptors (Lipinski definition) is 3. The summed E-state index contributed by atoms with van der Waals surface area (Å²) in [5.41, 5.74) is 9.94. The molecule has 0 radical (unpaired) electrons. The molecule has 0 bridgehead atoms. The molecule has 4 N–H and O–H groups in total. The molecule has 0 aliphatic rings. The molecule has 14 heavy (non-hydrogen) atoms. The quantitative estimate of drug-likeness (QED) is 0.687. The van der Waals surface area contributed by atoms with Crippen molar-refractivity contribution in [3.8, 4) is 0 Å². The Bertz CT molecular complexity index is 292. The van der Waals surface area contributed by atoms with Gasteiger partial charge in [-0.3, -0.25) is 4.79 Å². The van der Waals surface area contributed by atoms with Crippen molar-refractivity contribution in [3.63, 3.8) is 0 Å². The van der Waals surface area contributed by atoms with Crippen LogP contribution in [0, 0.1) is 0 Å². The first kappa shape index (κ1) is 10.7. The molecule has 1 aromatic rings. The van der Waals surface area contributed by atoms with Crippen LogP contribution in [0.4, 0.5) is 0 Å². The summed E-state index contributed by atoms with van der Waals surface area (Å²) in [6.07, 6.45) is 6.72. The third-order valence-electron chi connectivity index (χ3n) is 2.23. The number of nitrogens with two attached hydrogens (primary N) is 2. The Balaban J connectivity index is 2.31. The number of imidazole rings is 1. The molecule has 0 spiro atoms. The fraction of sp³-hybridized carbons (Fsp3) is 0.556. The second-order valence-electron chi connectivity index (χ2n) is 3.69. The first-order valence-corrected chi connectivity index (χ1v) is 4.57. The molecule has 1 atom stereocenters. The summed E-state index contributed by atoms with van der Waals surface area (Å²) < 4.78 is 1.94. The SMILES string of the molecule is CC(N)(CCCn1ccnc1)C(N)=O. The Hall–Kier alpha value is -1.36. The van der Waals surface area contributed by atoms with Gasteiger partial charge in [0.05, 0.1) is 11.9 Å². The van der Waals surface area contributed by atoms with E-state index in [4.69, 9.17) is 11.5 Å². The Labute approximate surface area is 83.1 Å². The fourth-order valence-corrected chi connectivity index (χ4v) is 1.17. The predicted molar refractivity (Wildman–Crippen MR) is 53.2 cm³/mol. The predicted octanol–water partition coefficient (Wildman–Crippen LogP) is -0.134. The summed E-state index contributed by atoms with van der Waals surface area (Å²) in [5, 5.41) is 0. The molecule has 0 aliphatic heterocycles. The number of primary amides is 1. The maximum Gasteiger partial charge on any atom is 0.237 e. The van der Waals surface area contributed by atoms with E-state index in [1.165, 1.54) is 0 Å². The van der Waals surface area contributed by atoms with Crippen LogP contribution >= 0.6 is 0 Å². The molecular weight excluding hydrogens is 180 g/mol. The molecule has 1 unspecified atom stereocenters. The van der Waals surface area contributed by atoms with Crippen LogP contribution in [0.3, 0.4) is 0 Å². The van der Waals surface area contributed by atoms with Gasteiger partial charge < -0.3 is 16.0 Å². The van der Waals surface area contributed by atoms with Crippen LogP contribution in [0.5, 0.6) is 0 Å². The van der Waals surface area contributed by atoms with Crippen molar-refractivity contribution in [1.29, 1.82) is 0 Å². The number of aryl methyl sites for hydroxylation is 1. The fourth-order valence-electron chi connectivity index (χ4n) is 1.17. The van der Waals surface area contributed by atoms with Gasteiger partial charge in [0.25, 0.3) is 0 Å². The van der Waals surface area contributed by atoms with E-state index in [0.29, 0.717) is 6.42 Å². The van der Waals surface area contributed by atoms with Crippen molar-refractivity contribution < 1.29 is 4.79 Å². The summed E-state index contributed by atoms with van der Waals surface area (Å²) in [5.74, 6) is -0.455. The number of hydrogen-bond donors (Lipinski definition) is 2. The summed E-state index contributed by atoms with van der Waals surface area (Å²) in [4.78, 5) is 14.8. The summed E-state index contributed by atoms with van der Waals surface area (Å²) >= 11 is 0. The third-order valence-corrected chi connectivity index (χ3v) is 2.23. The monoisotopic (exact) mass is 196 g/mol. The van der Waals surface area contributed by atoms with Gasteiger partial charge in [-0.25, -0.2) is 4.98 Å². The van der Waals surface area contributed by atoms with Crippen molar-refractivity contribution >= 4 is 5.91 Å². The number of carbonyl (C=O) groups is 1. The average molecular weight is 196 g/mol. The van der Waals surface area contributed by atoms with Gasteiger partial charge in [0, 0.05) is 18.9 Å². The van der Waals surface area contributed by atoms with E-state index >= 15 is 0 Å². The lowest BCUT2D eigenvalue weighted by Crippen LogP contribution is -2.49. The minimum absolute atomic E-state index is 0.455. The summed E-state index contributed by atoms with van der Waals surface area (Å²) in [7, 11) is 0. The average Bonchev–Trinajstić information content (AvgIpc) is 2.56. The first-order chi connectivity index (χ1) is 6.52. The van der Waals surface area contributed by atoms with Crippen LogP contribution < -0.4 is 11.5 Å². The minimum Gasteiger partial charge on any atom is -0.368 e. The molecule has 5 heteroatoms. The van der Waals surface area contributed by atoms with Crippen molar-refractivity contribution in [1.82, 2.24) is 9.55 Å². The van der Waals surface area contributed by atoms with Crippen LogP contribution in [-0.2, 0) is 11.3 Å². The summed E-state index contributed by atoms with van der Waals surface area (Å²) in [6.45, 7) is 2.46. The van der Waals surface area contributed by atoms with Gasteiger partial charge in [0.1, 0.15) is 0 Å². The van der Waals surface area contributed by atoms with Crippen molar-refractivity contribution in [2.24, 2.45) is 11.5 Å². The van der Waals surface area contributed by atoms with E-state index in [0.717, 1.165) is 13.0 Å². The van der Waals surface area contributed by atoms with Gasteiger partial charge in [0.15, 0.2) is 0 Å². The number of nitrogens with zero attached hydrogens (tertiary/aromatic N) is 2. The molecule has 0 saturated carbocycles. The van der Waals surface area contributed by atoms with Crippen LogP contribution in [0.1, 0.15) is 19.8 Å². The second-order valence-corrected chi connectivity index (χ2v) is 3.69. The number of aromatic nitrogens is 2. The molecule has 0 aromatic carbocycles. The Morgan fingerprint density at radius 1 is 1.64 bits per heavy atom. The Morgan fingerprint density at radius 3 is 2.86 bits per heavy atom. The normalized spacial score (nSPS) is 15.0. The first-order valence-electron chi connectivity index (χ1n) is 4.57. The van der Waals surface area contributed by atoms with E-state index in [9.17, 15) is 4.79 Å². The van der Waals surface area contributed by atoms with Crippen LogP contribution in [0.25, 0.3) is 0 Å². The van der Waals surface area contributed by atoms with E-state index in [1.807, 2.05) is 10.8 Å². The molecule has 5 nitrogen and oxygen atoms in total. The molecule has 0 saturated heterocycles. The molecule has 1 aromatic heterocycles. The highest BCUT2D eigenvalue weighted by molar-refractivity contribution is 5.83. The topological polar surface area (TPSA) is 86.9 Å². The Kier molecular flexibility index (Phi) is 3.24. The van der Waals surface area contributed by atoms with Gasteiger partial charge >= 0.3 is 0 Å². The number of rotatable bonds is 5. The van der Waals surface area contributed by atoms with Gasteiger partial charge in [-0.15, -0.1) is 0 Å². The van der Waals surface area contributed by atoms with E-state index in [-0.39, 0.29) is 0 Å². The number of carbonyl (C=O) groups excluding carboxylic acids is 1.